The molecule has 0 amide bonds. The zero-order valence-electron chi connectivity index (χ0n) is 12.0. The lowest BCUT2D eigenvalue weighted by Gasteiger charge is -2.14. The molecule has 0 radical (unpaired) electrons. The predicted octanol–water partition coefficient (Wildman–Crippen LogP) is 4.51. The first-order chi connectivity index (χ1) is 10.1. The summed E-state index contributed by atoms with van der Waals surface area (Å²) >= 11 is 6.03. The van der Waals surface area contributed by atoms with E-state index in [4.69, 9.17) is 22.1 Å². The fourth-order valence-electron chi connectivity index (χ4n) is 2.10. The van der Waals surface area contributed by atoms with Crippen LogP contribution >= 0.6 is 11.6 Å². The Morgan fingerprint density at radius 2 is 1.90 bits per heavy atom. The van der Waals surface area contributed by atoms with E-state index < -0.39 is 0 Å². The highest BCUT2D eigenvalue weighted by atomic mass is 35.5. The number of hydrogen-bond donors (Lipinski definition) is 1. The Labute approximate surface area is 129 Å². The highest BCUT2D eigenvalue weighted by Gasteiger charge is 2.13. The lowest BCUT2D eigenvalue weighted by atomic mass is 9.99. The van der Waals surface area contributed by atoms with Crippen LogP contribution in [0.25, 0.3) is 0 Å². The zero-order valence-corrected chi connectivity index (χ0v) is 12.7. The van der Waals surface area contributed by atoms with E-state index in [1.807, 2.05) is 24.3 Å². The van der Waals surface area contributed by atoms with Gasteiger partial charge in [0.25, 0.3) is 0 Å². The molecule has 0 saturated carbocycles. The first-order valence-electron chi connectivity index (χ1n) is 7.03. The molecule has 0 saturated heterocycles. The van der Waals surface area contributed by atoms with Crippen LogP contribution in [-0.4, -0.2) is 6.61 Å². The lowest BCUT2D eigenvalue weighted by Crippen LogP contribution is -2.14. The van der Waals surface area contributed by atoms with Gasteiger partial charge in [-0.2, -0.15) is 0 Å². The van der Waals surface area contributed by atoms with Gasteiger partial charge in [-0.25, -0.2) is 4.39 Å². The Kier molecular flexibility index (Phi) is 5.59. The maximum absolute atomic E-state index is 13.8. The second-order valence-corrected chi connectivity index (χ2v) is 5.34. The van der Waals surface area contributed by atoms with Gasteiger partial charge >= 0.3 is 0 Å². The van der Waals surface area contributed by atoms with E-state index >= 15 is 0 Å². The van der Waals surface area contributed by atoms with Crippen LogP contribution in [0.4, 0.5) is 4.39 Å². The van der Waals surface area contributed by atoms with E-state index in [0.29, 0.717) is 23.6 Å². The van der Waals surface area contributed by atoms with Crippen molar-refractivity contribution in [3.8, 4) is 5.75 Å². The Bertz CT molecular complexity index is 566. The van der Waals surface area contributed by atoms with Crippen molar-refractivity contribution < 1.29 is 9.13 Å². The quantitative estimate of drug-likeness (QED) is 0.852. The number of halogens is 2. The Morgan fingerprint density at radius 3 is 2.52 bits per heavy atom. The van der Waals surface area contributed by atoms with Crippen LogP contribution in [0.5, 0.6) is 5.75 Å². The van der Waals surface area contributed by atoms with Crippen LogP contribution in [0.15, 0.2) is 42.5 Å². The van der Waals surface area contributed by atoms with Gasteiger partial charge in [-0.1, -0.05) is 36.7 Å². The fourth-order valence-corrected chi connectivity index (χ4v) is 2.34. The Balaban J connectivity index is 2.08. The van der Waals surface area contributed by atoms with Crippen LogP contribution in [0.2, 0.25) is 5.02 Å². The summed E-state index contributed by atoms with van der Waals surface area (Å²) in [7, 11) is 0. The van der Waals surface area contributed by atoms with E-state index in [0.717, 1.165) is 17.7 Å². The summed E-state index contributed by atoms with van der Waals surface area (Å²) in [6.45, 7) is 2.75. The fraction of sp³-hybridized carbons (Fsp3) is 0.294. The molecule has 2 aromatic carbocycles. The molecule has 2 N–H and O–H groups in total. The molecule has 112 valence electrons. The standard InChI is InChI=1S/C17H19ClFNO/c1-2-10-21-13-8-6-12(7-9-13)17(20)11-14-15(18)4-3-5-16(14)19/h3-9,17H,2,10-11,20H2,1H3. The molecule has 0 aromatic heterocycles. The molecule has 0 heterocycles. The van der Waals surface area contributed by atoms with Crippen molar-refractivity contribution >= 4 is 11.6 Å². The predicted molar refractivity (Wildman–Crippen MR) is 84.3 cm³/mol. The van der Waals surface area contributed by atoms with E-state index in [1.54, 1.807) is 12.1 Å². The largest absolute Gasteiger partial charge is 0.494 e. The van der Waals surface area contributed by atoms with Crippen molar-refractivity contribution in [2.75, 3.05) is 6.61 Å². The molecule has 0 aliphatic heterocycles. The van der Waals surface area contributed by atoms with Gasteiger partial charge in [-0.15, -0.1) is 0 Å². The topological polar surface area (TPSA) is 35.2 Å². The van der Waals surface area contributed by atoms with Crippen molar-refractivity contribution in [1.29, 1.82) is 0 Å². The summed E-state index contributed by atoms with van der Waals surface area (Å²) in [6, 6.07) is 11.9. The third-order valence-electron chi connectivity index (χ3n) is 3.27. The van der Waals surface area contributed by atoms with Crippen molar-refractivity contribution in [3.63, 3.8) is 0 Å². The first kappa shape index (κ1) is 15.8. The van der Waals surface area contributed by atoms with Crippen LogP contribution in [0.1, 0.15) is 30.5 Å². The molecular formula is C17H19ClFNO. The molecule has 1 unspecified atom stereocenters. The molecule has 0 fully saturated rings. The minimum atomic E-state index is -0.319. The third-order valence-corrected chi connectivity index (χ3v) is 3.62. The van der Waals surface area contributed by atoms with Crippen LogP contribution in [-0.2, 0) is 6.42 Å². The molecule has 2 nitrogen and oxygen atoms in total. The molecule has 0 bridgehead atoms. The van der Waals surface area contributed by atoms with Crippen molar-refractivity contribution in [3.05, 3.63) is 64.4 Å². The van der Waals surface area contributed by atoms with Gasteiger partial charge in [0.2, 0.25) is 0 Å². The molecule has 21 heavy (non-hydrogen) atoms. The van der Waals surface area contributed by atoms with Crippen LogP contribution in [0.3, 0.4) is 0 Å². The molecular weight excluding hydrogens is 289 g/mol. The van der Waals surface area contributed by atoms with E-state index in [-0.39, 0.29) is 11.9 Å². The van der Waals surface area contributed by atoms with Crippen molar-refractivity contribution in [1.82, 2.24) is 0 Å². The number of nitrogens with two attached hydrogens (primary N) is 1. The number of rotatable bonds is 6. The minimum absolute atomic E-state index is 0.306. The summed E-state index contributed by atoms with van der Waals surface area (Å²) < 4.78 is 19.3. The normalized spacial score (nSPS) is 12.2. The van der Waals surface area contributed by atoms with Gasteiger partial charge in [0, 0.05) is 16.6 Å². The summed E-state index contributed by atoms with van der Waals surface area (Å²) in [5, 5.41) is 0.411. The van der Waals surface area contributed by atoms with Crippen molar-refractivity contribution in [2.24, 2.45) is 5.73 Å². The smallest absolute Gasteiger partial charge is 0.127 e. The van der Waals surface area contributed by atoms with E-state index in [2.05, 4.69) is 6.92 Å². The zero-order chi connectivity index (χ0) is 15.2. The minimum Gasteiger partial charge on any atom is -0.494 e. The summed E-state index contributed by atoms with van der Waals surface area (Å²) in [5.41, 5.74) is 7.53. The van der Waals surface area contributed by atoms with Gasteiger partial charge in [-0.3, -0.25) is 0 Å². The average Bonchev–Trinajstić information content (AvgIpc) is 2.49. The summed E-state index contributed by atoms with van der Waals surface area (Å²) in [5.74, 6) is 0.498. The van der Waals surface area contributed by atoms with Gasteiger partial charge in [0.15, 0.2) is 0 Å². The van der Waals surface area contributed by atoms with E-state index in [9.17, 15) is 4.39 Å². The molecule has 0 aliphatic rings. The second kappa shape index (κ2) is 7.43. The summed E-state index contributed by atoms with van der Waals surface area (Å²) in [6.07, 6.45) is 1.33. The molecule has 2 rings (SSSR count). The Morgan fingerprint density at radius 1 is 1.19 bits per heavy atom. The molecule has 4 heteroatoms. The highest BCUT2D eigenvalue weighted by molar-refractivity contribution is 6.31. The molecule has 0 aliphatic carbocycles. The van der Waals surface area contributed by atoms with E-state index in [1.165, 1.54) is 6.07 Å². The average molecular weight is 308 g/mol. The summed E-state index contributed by atoms with van der Waals surface area (Å²) in [4.78, 5) is 0. The third kappa shape index (κ3) is 4.19. The number of hydrogen-bond acceptors (Lipinski definition) is 2. The van der Waals surface area contributed by atoms with Gasteiger partial charge < -0.3 is 10.5 Å². The molecule has 2 aromatic rings. The maximum Gasteiger partial charge on any atom is 0.127 e. The number of ether oxygens (including phenoxy) is 1. The second-order valence-electron chi connectivity index (χ2n) is 4.93. The first-order valence-corrected chi connectivity index (χ1v) is 7.41. The van der Waals surface area contributed by atoms with Crippen molar-refractivity contribution in [2.45, 2.75) is 25.8 Å². The molecule has 0 spiro atoms. The lowest BCUT2D eigenvalue weighted by molar-refractivity contribution is 0.317. The maximum atomic E-state index is 13.8. The highest BCUT2D eigenvalue weighted by Crippen LogP contribution is 2.25. The monoisotopic (exact) mass is 307 g/mol. The van der Waals surface area contributed by atoms with Crippen LogP contribution < -0.4 is 10.5 Å². The molecule has 1 atom stereocenters. The van der Waals surface area contributed by atoms with Crippen LogP contribution in [0, 0.1) is 5.82 Å². The Hall–Kier alpha value is -1.58. The number of benzene rings is 2. The van der Waals surface area contributed by atoms with Gasteiger partial charge in [0.1, 0.15) is 11.6 Å². The van der Waals surface area contributed by atoms with Gasteiger partial charge in [0.05, 0.1) is 6.61 Å². The van der Waals surface area contributed by atoms with Gasteiger partial charge in [-0.05, 0) is 42.7 Å². The SMILES string of the molecule is CCCOc1ccc(C(N)Cc2c(F)cccc2Cl)cc1.